The molecule has 0 unspecified atom stereocenters. The third kappa shape index (κ3) is 3.54. The molecule has 1 heterocycles. The molecule has 21 heavy (non-hydrogen) atoms. The molecular weight excluding hydrogens is 292 g/mol. The van der Waals surface area contributed by atoms with Crippen molar-refractivity contribution in [3.8, 4) is 5.75 Å². The van der Waals surface area contributed by atoms with Crippen molar-refractivity contribution in [3.05, 3.63) is 18.2 Å². The molecule has 0 aliphatic carbocycles. The lowest BCUT2D eigenvalue weighted by atomic mass is 10.2. The van der Waals surface area contributed by atoms with Crippen LogP contribution >= 0.6 is 0 Å². The Morgan fingerprint density at radius 2 is 1.95 bits per heavy atom. The van der Waals surface area contributed by atoms with Gasteiger partial charge in [-0.05, 0) is 31.0 Å². The van der Waals surface area contributed by atoms with Crippen molar-refractivity contribution in [2.75, 3.05) is 18.4 Å². The molecule has 0 spiro atoms. The van der Waals surface area contributed by atoms with E-state index in [2.05, 4.69) is 5.32 Å². The van der Waals surface area contributed by atoms with Crippen LogP contribution in [0.15, 0.2) is 23.1 Å². The van der Waals surface area contributed by atoms with Gasteiger partial charge in [-0.15, -0.1) is 0 Å². The van der Waals surface area contributed by atoms with E-state index in [9.17, 15) is 18.3 Å². The molecule has 2 rings (SSSR count). The van der Waals surface area contributed by atoms with Gasteiger partial charge in [0.15, 0.2) is 0 Å². The molecule has 1 amide bonds. The first kappa shape index (κ1) is 15.8. The molecule has 1 aliphatic heterocycles. The molecule has 1 fully saturated rings. The van der Waals surface area contributed by atoms with Gasteiger partial charge in [0.2, 0.25) is 15.9 Å². The number of carbonyl (C=O) groups excluding carboxylic acids is 1. The van der Waals surface area contributed by atoms with Crippen molar-refractivity contribution in [1.29, 1.82) is 0 Å². The van der Waals surface area contributed by atoms with E-state index in [4.69, 9.17) is 0 Å². The van der Waals surface area contributed by atoms with E-state index < -0.39 is 10.0 Å². The summed E-state index contributed by atoms with van der Waals surface area (Å²) in [5.41, 5.74) is 0.371. The molecule has 1 aromatic carbocycles. The van der Waals surface area contributed by atoms with Crippen molar-refractivity contribution in [1.82, 2.24) is 4.31 Å². The van der Waals surface area contributed by atoms with Crippen LogP contribution < -0.4 is 5.32 Å². The zero-order valence-corrected chi connectivity index (χ0v) is 12.8. The van der Waals surface area contributed by atoms with Crippen LogP contribution in [0.5, 0.6) is 5.75 Å². The minimum Gasteiger partial charge on any atom is -0.507 e. The van der Waals surface area contributed by atoms with Gasteiger partial charge in [0.05, 0.1) is 0 Å². The van der Waals surface area contributed by atoms with Crippen LogP contribution in [-0.4, -0.2) is 36.8 Å². The molecule has 116 valence electrons. The summed E-state index contributed by atoms with van der Waals surface area (Å²) in [4.78, 5) is 11.2. The maximum atomic E-state index is 12.6. The van der Waals surface area contributed by atoms with Crippen molar-refractivity contribution in [2.24, 2.45) is 0 Å². The number of nitrogens with one attached hydrogen (secondary N) is 1. The quantitative estimate of drug-likeness (QED) is 0.832. The summed E-state index contributed by atoms with van der Waals surface area (Å²) in [7, 11) is -3.73. The standard InChI is InChI=1S/C14H20N2O4S/c1-2-14(18)15-11-6-7-12(17)13(10-11)21(19,20)16-8-4-3-5-9-16/h6-7,10,17H,2-5,8-9H2,1H3,(H,15,18). The maximum absolute atomic E-state index is 12.6. The predicted octanol–water partition coefficient (Wildman–Crippen LogP) is 1.92. The highest BCUT2D eigenvalue weighted by atomic mass is 32.2. The average molecular weight is 312 g/mol. The van der Waals surface area contributed by atoms with Crippen LogP contribution in [0, 0.1) is 0 Å². The Morgan fingerprint density at radius 3 is 2.57 bits per heavy atom. The minimum atomic E-state index is -3.73. The average Bonchev–Trinajstić information content (AvgIpc) is 2.49. The van der Waals surface area contributed by atoms with Crippen LogP contribution in [0.1, 0.15) is 32.6 Å². The summed E-state index contributed by atoms with van der Waals surface area (Å²) >= 11 is 0. The summed E-state index contributed by atoms with van der Waals surface area (Å²) < 4.78 is 26.5. The van der Waals surface area contributed by atoms with Crippen molar-refractivity contribution >= 4 is 21.6 Å². The number of piperidine rings is 1. The topological polar surface area (TPSA) is 86.7 Å². The number of hydrogen-bond acceptors (Lipinski definition) is 4. The third-order valence-corrected chi connectivity index (χ3v) is 5.43. The first-order valence-electron chi connectivity index (χ1n) is 7.08. The van der Waals surface area contributed by atoms with Crippen molar-refractivity contribution < 1.29 is 18.3 Å². The van der Waals surface area contributed by atoms with Crippen molar-refractivity contribution in [2.45, 2.75) is 37.5 Å². The Bertz CT molecular complexity index is 622. The van der Waals surface area contributed by atoms with Gasteiger partial charge in [-0.25, -0.2) is 8.42 Å². The van der Waals surface area contributed by atoms with E-state index in [1.165, 1.54) is 22.5 Å². The van der Waals surface area contributed by atoms with Crippen LogP contribution in [0.3, 0.4) is 0 Å². The van der Waals surface area contributed by atoms with Gasteiger partial charge < -0.3 is 10.4 Å². The van der Waals surface area contributed by atoms with Gasteiger partial charge in [-0.2, -0.15) is 4.31 Å². The molecule has 7 heteroatoms. The molecule has 1 aliphatic rings. The van der Waals surface area contributed by atoms with E-state index >= 15 is 0 Å². The molecule has 1 saturated heterocycles. The number of amides is 1. The lowest BCUT2D eigenvalue weighted by Crippen LogP contribution is -2.35. The van der Waals surface area contributed by atoms with E-state index in [1.807, 2.05) is 0 Å². The van der Waals surface area contributed by atoms with Crippen LogP contribution in [0.2, 0.25) is 0 Å². The molecular formula is C14H20N2O4S. The molecule has 2 N–H and O–H groups in total. The SMILES string of the molecule is CCC(=O)Nc1ccc(O)c(S(=O)(=O)N2CCCCC2)c1. The molecule has 0 aromatic heterocycles. The first-order chi connectivity index (χ1) is 9.95. The zero-order chi connectivity index (χ0) is 15.5. The number of phenolic OH excluding ortho intramolecular Hbond substituents is 1. The summed E-state index contributed by atoms with van der Waals surface area (Å²) in [6, 6.07) is 4.09. The Kier molecular flexibility index (Phi) is 4.84. The highest BCUT2D eigenvalue weighted by Crippen LogP contribution is 2.30. The normalized spacial score (nSPS) is 16.6. The zero-order valence-electron chi connectivity index (χ0n) is 12.0. The lowest BCUT2D eigenvalue weighted by Gasteiger charge is -2.26. The molecule has 0 radical (unpaired) electrons. The number of carbonyl (C=O) groups is 1. The van der Waals surface area contributed by atoms with Crippen molar-refractivity contribution in [3.63, 3.8) is 0 Å². The lowest BCUT2D eigenvalue weighted by molar-refractivity contribution is -0.115. The number of aromatic hydroxyl groups is 1. The number of sulfonamides is 1. The first-order valence-corrected chi connectivity index (χ1v) is 8.52. The van der Waals surface area contributed by atoms with Gasteiger partial charge in [0.25, 0.3) is 0 Å². The predicted molar refractivity (Wildman–Crippen MR) is 79.6 cm³/mol. The van der Waals surface area contributed by atoms with E-state index in [-0.39, 0.29) is 16.6 Å². The monoisotopic (exact) mass is 312 g/mol. The van der Waals surface area contributed by atoms with Crippen LogP contribution in [0.4, 0.5) is 5.69 Å². The van der Waals surface area contributed by atoms with E-state index in [1.54, 1.807) is 6.92 Å². The van der Waals surface area contributed by atoms with Gasteiger partial charge >= 0.3 is 0 Å². The maximum Gasteiger partial charge on any atom is 0.246 e. The molecule has 0 bridgehead atoms. The summed E-state index contributed by atoms with van der Waals surface area (Å²) in [6.07, 6.45) is 2.97. The van der Waals surface area contributed by atoms with Gasteiger partial charge in [0, 0.05) is 25.2 Å². The Hall–Kier alpha value is -1.60. The van der Waals surface area contributed by atoms with Gasteiger partial charge in [0.1, 0.15) is 10.6 Å². The Balaban J connectivity index is 2.33. The fourth-order valence-electron chi connectivity index (χ4n) is 2.29. The summed E-state index contributed by atoms with van der Waals surface area (Å²) in [5, 5.41) is 12.5. The fourth-order valence-corrected chi connectivity index (χ4v) is 3.92. The second-order valence-corrected chi connectivity index (χ2v) is 6.96. The minimum absolute atomic E-state index is 0.154. The Labute approximate surface area is 124 Å². The third-order valence-electron chi connectivity index (χ3n) is 3.50. The highest BCUT2D eigenvalue weighted by Gasteiger charge is 2.28. The largest absolute Gasteiger partial charge is 0.507 e. The molecule has 6 nitrogen and oxygen atoms in total. The number of rotatable bonds is 4. The number of anilines is 1. The summed E-state index contributed by atoms with van der Waals surface area (Å²) in [6.45, 7) is 2.64. The number of phenols is 1. The second kappa shape index (κ2) is 6.44. The Morgan fingerprint density at radius 1 is 1.29 bits per heavy atom. The second-order valence-electron chi connectivity index (χ2n) is 5.05. The van der Waals surface area contributed by atoms with E-state index in [0.717, 1.165) is 19.3 Å². The van der Waals surface area contributed by atoms with Crippen LogP contribution in [0.25, 0.3) is 0 Å². The van der Waals surface area contributed by atoms with Gasteiger partial charge in [-0.3, -0.25) is 4.79 Å². The number of benzene rings is 1. The molecule has 1 aromatic rings. The number of nitrogens with zero attached hydrogens (tertiary/aromatic N) is 1. The molecule has 0 atom stereocenters. The van der Waals surface area contributed by atoms with E-state index in [0.29, 0.717) is 25.2 Å². The summed E-state index contributed by atoms with van der Waals surface area (Å²) in [5.74, 6) is -0.503. The highest BCUT2D eigenvalue weighted by molar-refractivity contribution is 7.89. The smallest absolute Gasteiger partial charge is 0.246 e. The van der Waals surface area contributed by atoms with Crippen LogP contribution in [-0.2, 0) is 14.8 Å². The fraction of sp³-hybridized carbons (Fsp3) is 0.500. The van der Waals surface area contributed by atoms with Gasteiger partial charge in [-0.1, -0.05) is 13.3 Å². The number of hydrogen-bond donors (Lipinski definition) is 2. The molecule has 0 saturated carbocycles.